The summed E-state index contributed by atoms with van der Waals surface area (Å²) in [6, 6.07) is 0. The van der Waals surface area contributed by atoms with Gasteiger partial charge in [0.1, 0.15) is 0 Å². The van der Waals surface area contributed by atoms with E-state index in [9.17, 15) is 0 Å². The van der Waals surface area contributed by atoms with Gasteiger partial charge in [0.25, 0.3) is 0 Å². The molecule has 0 amide bonds. The maximum atomic E-state index is 4.68. The molecule has 0 nitrogen and oxygen atoms in total. The van der Waals surface area contributed by atoms with Crippen molar-refractivity contribution in [2.75, 3.05) is 5.75 Å². The predicted octanol–water partition coefficient (Wildman–Crippen LogP) is 3.21. The van der Waals surface area contributed by atoms with Gasteiger partial charge in [-0.3, -0.25) is 0 Å². The van der Waals surface area contributed by atoms with Crippen molar-refractivity contribution in [1.82, 2.24) is 0 Å². The van der Waals surface area contributed by atoms with E-state index in [0.717, 1.165) is 15.6 Å². The second-order valence-electron chi connectivity index (χ2n) is 0.987. The summed E-state index contributed by atoms with van der Waals surface area (Å²) in [5.74, 6) is 0.792. The summed E-state index contributed by atoms with van der Waals surface area (Å²) >= 11 is 11.1. The molecule has 0 atom stereocenters. The Bertz CT molecular complexity index is 66.1. The first-order chi connectivity index (χ1) is 3.27. The Labute approximate surface area is 66.0 Å². The van der Waals surface area contributed by atoms with Gasteiger partial charge in [0.2, 0.25) is 0 Å². The Morgan fingerprint density at radius 2 is 2.14 bits per heavy atom. The third kappa shape index (κ3) is 7.05. The molecule has 0 saturated heterocycles. The van der Waals surface area contributed by atoms with Gasteiger partial charge in [-0.15, -0.1) is 0 Å². The Hall–Kier alpha value is 1.05. The molecule has 0 saturated carbocycles. The van der Waals surface area contributed by atoms with Crippen LogP contribution in [0, 0.1) is 0 Å². The SMILES string of the molecule is [S]CCC=C(Br)Br. The summed E-state index contributed by atoms with van der Waals surface area (Å²) in [6.07, 6.45) is 2.95. The van der Waals surface area contributed by atoms with Crippen LogP contribution in [0.25, 0.3) is 0 Å². The minimum absolute atomic E-state index is 0.792. The second kappa shape index (κ2) is 5.19. The lowest BCUT2D eigenvalue weighted by molar-refractivity contribution is 1.26. The van der Waals surface area contributed by atoms with Gasteiger partial charge in [0, 0.05) is 5.75 Å². The molecule has 41 valence electrons. The number of rotatable bonds is 2. The topological polar surface area (TPSA) is 0 Å². The molecule has 0 spiro atoms. The molecule has 0 bridgehead atoms. The Kier molecular flexibility index (Phi) is 5.97. The number of hydrogen-bond donors (Lipinski definition) is 0. The molecule has 7 heavy (non-hydrogen) atoms. The van der Waals surface area contributed by atoms with Crippen molar-refractivity contribution in [3.8, 4) is 0 Å². The van der Waals surface area contributed by atoms with Gasteiger partial charge >= 0.3 is 0 Å². The highest BCUT2D eigenvalue weighted by molar-refractivity contribution is 9.28. The molecule has 0 unspecified atom stereocenters. The standard InChI is InChI=1S/C4H5Br2S/c5-4(6)2-1-3-7/h2H,1,3H2. The van der Waals surface area contributed by atoms with Crippen LogP contribution in [0.5, 0.6) is 0 Å². The van der Waals surface area contributed by atoms with Gasteiger partial charge < -0.3 is 0 Å². The van der Waals surface area contributed by atoms with Crippen LogP contribution in [0.2, 0.25) is 0 Å². The zero-order chi connectivity index (χ0) is 5.70. The number of halogens is 2. The first-order valence-corrected chi connectivity index (χ1v) is 4.03. The molecule has 0 rings (SSSR count). The zero-order valence-corrected chi connectivity index (χ0v) is 7.64. The van der Waals surface area contributed by atoms with Crippen molar-refractivity contribution < 1.29 is 0 Å². The molecule has 0 aliphatic carbocycles. The van der Waals surface area contributed by atoms with Crippen molar-refractivity contribution in [2.24, 2.45) is 0 Å². The van der Waals surface area contributed by atoms with Crippen LogP contribution in [0.1, 0.15) is 6.42 Å². The molecule has 0 aliphatic rings. The predicted molar refractivity (Wildman–Crippen MR) is 43.0 cm³/mol. The lowest BCUT2D eigenvalue weighted by Crippen LogP contribution is -1.64. The molecule has 3 heteroatoms. The van der Waals surface area contributed by atoms with Gasteiger partial charge in [-0.2, -0.15) is 0 Å². The lowest BCUT2D eigenvalue weighted by Gasteiger charge is -1.80. The molecule has 0 aromatic carbocycles. The van der Waals surface area contributed by atoms with Crippen molar-refractivity contribution in [2.45, 2.75) is 6.42 Å². The highest BCUT2D eigenvalue weighted by Crippen LogP contribution is 2.13. The zero-order valence-electron chi connectivity index (χ0n) is 3.66. The van der Waals surface area contributed by atoms with Gasteiger partial charge in [0.15, 0.2) is 0 Å². The highest BCUT2D eigenvalue weighted by Gasteiger charge is 1.78. The molecular formula is C4H5Br2S. The average Bonchev–Trinajstić information content (AvgIpc) is 1.61. The summed E-state index contributed by atoms with van der Waals surface area (Å²) in [7, 11) is 0. The van der Waals surface area contributed by atoms with E-state index in [1.807, 2.05) is 6.08 Å². The molecule has 0 N–H and O–H groups in total. The third-order valence-corrected chi connectivity index (χ3v) is 1.30. The van der Waals surface area contributed by atoms with Crippen LogP contribution >= 0.6 is 44.5 Å². The van der Waals surface area contributed by atoms with E-state index in [2.05, 4.69) is 44.5 Å². The van der Waals surface area contributed by atoms with E-state index in [0.29, 0.717) is 0 Å². The minimum Gasteiger partial charge on any atom is -0.0938 e. The fourth-order valence-electron chi connectivity index (χ4n) is 0.168. The smallest absolute Gasteiger partial charge is 0.0564 e. The van der Waals surface area contributed by atoms with Gasteiger partial charge in [-0.1, -0.05) is 18.7 Å². The van der Waals surface area contributed by atoms with Crippen molar-refractivity contribution in [3.05, 3.63) is 9.47 Å². The van der Waals surface area contributed by atoms with Crippen LogP contribution < -0.4 is 0 Å². The van der Waals surface area contributed by atoms with E-state index in [-0.39, 0.29) is 0 Å². The van der Waals surface area contributed by atoms with Crippen LogP contribution in [-0.4, -0.2) is 5.75 Å². The largest absolute Gasteiger partial charge is 0.0938 e. The summed E-state index contributed by atoms with van der Waals surface area (Å²) in [5, 5.41) is 0. The Morgan fingerprint density at radius 3 is 2.29 bits per heavy atom. The van der Waals surface area contributed by atoms with Crippen LogP contribution in [0.4, 0.5) is 0 Å². The quantitative estimate of drug-likeness (QED) is 0.700. The van der Waals surface area contributed by atoms with Gasteiger partial charge in [0.05, 0.1) is 3.39 Å². The van der Waals surface area contributed by atoms with Crippen LogP contribution in [0.15, 0.2) is 9.47 Å². The minimum atomic E-state index is 0.792. The molecular weight excluding hydrogens is 240 g/mol. The number of hydrogen-bond acceptors (Lipinski definition) is 0. The fourth-order valence-corrected chi connectivity index (χ4v) is 0.744. The Balaban J connectivity index is 3.08. The molecule has 0 aliphatic heterocycles. The van der Waals surface area contributed by atoms with E-state index >= 15 is 0 Å². The lowest BCUT2D eigenvalue weighted by atomic mass is 10.5. The summed E-state index contributed by atoms with van der Waals surface area (Å²) in [6.45, 7) is 0. The molecule has 1 radical (unpaired) electrons. The Morgan fingerprint density at radius 1 is 1.57 bits per heavy atom. The molecule has 0 fully saturated rings. The number of allylic oxidation sites excluding steroid dienone is 1. The summed E-state index contributed by atoms with van der Waals surface area (Å²) in [5.41, 5.74) is 0. The first-order valence-electron chi connectivity index (χ1n) is 1.86. The van der Waals surface area contributed by atoms with Crippen molar-refractivity contribution >= 4 is 44.5 Å². The maximum Gasteiger partial charge on any atom is 0.0564 e. The summed E-state index contributed by atoms with van der Waals surface area (Å²) < 4.78 is 0.991. The fraction of sp³-hybridized carbons (Fsp3) is 0.500. The third-order valence-electron chi connectivity index (χ3n) is 0.416. The average molecular weight is 245 g/mol. The van der Waals surface area contributed by atoms with E-state index in [4.69, 9.17) is 0 Å². The van der Waals surface area contributed by atoms with E-state index in [1.165, 1.54) is 0 Å². The van der Waals surface area contributed by atoms with E-state index in [1.54, 1.807) is 0 Å². The van der Waals surface area contributed by atoms with Crippen LogP contribution in [0.3, 0.4) is 0 Å². The van der Waals surface area contributed by atoms with Crippen molar-refractivity contribution in [1.29, 1.82) is 0 Å². The van der Waals surface area contributed by atoms with Gasteiger partial charge in [-0.05, 0) is 38.3 Å². The van der Waals surface area contributed by atoms with Gasteiger partial charge in [-0.25, -0.2) is 0 Å². The molecule has 0 aromatic heterocycles. The first kappa shape index (κ1) is 8.05. The highest BCUT2D eigenvalue weighted by atomic mass is 79.9. The molecule has 0 aromatic rings. The molecule has 0 heterocycles. The second-order valence-corrected chi connectivity index (χ2v) is 4.17. The summed E-state index contributed by atoms with van der Waals surface area (Å²) in [4.78, 5) is 0. The van der Waals surface area contributed by atoms with Crippen LogP contribution in [-0.2, 0) is 0 Å². The van der Waals surface area contributed by atoms with E-state index < -0.39 is 0 Å². The van der Waals surface area contributed by atoms with Crippen molar-refractivity contribution in [3.63, 3.8) is 0 Å². The maximum absolute atomic E-state index is 4.68. The monoisotopic (exact) mass is 243 g/mol. The normalized spacial score (nSPS) is 8.43.